The number of halogens is 1. The molecule has 1 aliphatic heterocycles. The predicted molar refractivity (Wildman–Crippen MR) is 83.8 cm³/mol. The van der Waals surface area contributed by atoms with Gasteiger partial charge in [-0.2, -0.15) is 0 Å². The molecular weight excluding hydrogens is 286 g/mol. The Balaban J connectivity index is 2.04. The molecule has 1 N–H and O–H groups in total. The number of rotatable bonds is 4. The van der Waals surface area contributed by atoms with Crippen molar-refractivity contribution >= 4 is 11.6 Å². The fourth-order valence-corrected chi connectivity index (χ4v) is 2.98. The van der Waals surface area contributed by atoms with Crippen molar-refractivity contribution in [3.8, 4) is 5.75 Å². The molecule has 0 fully saturated rings. The molecule has 1 atom stereocenters. The Morgan fingerprint density at radius 3 is 2.71 bits per heavy atom. The first kappa shape index (κ1) is 14.4. The summed E-state index contributed by atoms with van der Waals surface area (Å²) in [6, 6.07) is 12.2. The van der Waals surface area contributed by atoms with Crippen LogP contribution in [-0.4, -0.2) is 14.2 Å². The van der Waals surface area contributed by atoms with E-state index in [0.29, 0.717) is 18.2 Å². The summed E-state index contributed by atoms with van der Waals surface area (Å²) in [5.41, 5.74) is 4.74. The van der Waals surface area contributed by atoms with Gasteiger partial charge < -0.3 is 14.8 Å². The molecule has 0 spiro atoms. The van der Waals surface area contributed by atoms with Crippen LogP contribution in [0.25, 0.3) is 0 Å². The van der Waals surface area contributed by atoms with Crippen LogP contribution >= 0.6 is 11.6 Å². The number of benzene rings is 2. The Labute approximate surface area is 129 Å². The van der Waals surface area contributed by atoms with Crippen LogP contribution in [0, 0.1) is 0 Å². The normalized spacial score (nSPS) is 14.8. The van der Waals surface area contributed by atoms with Gasteiger partial charge in [0.2, 0.25) is 0 Å². The van der Waals surface area contributed by atoms with E-state index in [1.807, 2.05) is 25.2 Å². The van der Waals surface area contributed by atoms with Crippen LogP contribution in [0.3, 0.4) is 0 Å². The molecular formula is C17H18ClNO2. The minimum atomic E-state index is 0.0320. The van der Waals surface area contributed by atoms with E-state index < -0.39 is 0 Å². The molecule has 0 bridgehead atoms. The molecule has 0 saturated carbocycles. The summed E-state index contributed by atoms with van der Waals surface area (Å²) in [6.45, 7) is 1.40. The standard InChI is InChI=1S/C17H18ClNO2/c1-19-17(15-8-14(18)5-6-16(15)20-2)11-3-4-12-9-21-10-13(12)7-11/h3-8,17,19H,9-10H2,1-2H3. The first-order valence-electron chi connectivity index (χ1n) is 6.93. The number of hydrogen-bond acceptors (Lipinski definition) is 3. The van der Waals surface area contributed by atoms with Gasteiger partial charge in [-0.25, -0.2) is 0 Å². The summed E-state index contributed by atoms with van der Waals surface area (Å²) in [7, 11) is 3.62. The van der Waals surface area contributed by atoms with E-state index in [2.05, 4.69) is 23.5 Å². The van der Waals surface area contributed by atoms with Crippen LogP contribution < -0.4 is 10.1 Å². The number of methoxy groups -OCH3 is 1. The van der Waals surface area contributed by atoms with Gasteiger partial charge in [-0.1, -0.05) is 29.8 Å². The highest BCUT2D eigenvalue weighted by atomic mass is 35.5. The summed E-state index contributed by atoms with van der Waals surface area (Å²) in [6.07, 6.45) is 0. The first-order valence-corrected chi connectivity index (χ1v) is 7.31. The van der Waals surface area contributed by atoms with Crippen LogP contribution in [0.1, 0.15) is 28.3 Å². The van der Waals surface area contributed by atoms with Crippen LogP contribution in [0.15, 0.2) is 36.4 Å². The quantitative estimate of drug-likeness (QED) is 0.934. The van der Waals surface area contributed by atoms with Gasteiger partial charge in [0.05, 0.1) is 26.4 Å². The molecule has 3 nitrogen and oxygen atoms in total. The van der Waals surface area contributed by atoms with Gasteiger partial charge in [0, 0.05) is 10.6 Å². The molecule has 2 aromatic rings. The van der Waals surface area contributed by atoms with Crippen molar-refractivity contribution in [1.29, 1.82) is 0 Å². The minimum absolute atomic E-state index is 0.0320. The first-order chi connectivity index (χ1) is 10.2. The minimum Gasteiger partial charge on any atom is -0.496 e. The summed E-state index contributed by atoms with van der Waals surface area (Å²) in [4.78, 5) is 0. The largest absolute Gasteiger partial charge is 0.496 e. The summed E-state index contributed by atoms with van der Waals surface area (Å²) >= 11 is 6.15. The molecule has 3 rings (SSSR count). The second-order valence-electron chi connectivity index (χ2n) is 5.13. The monoisotopic (exact) mass is 303 g/mol. The molecule has 0 amide bonds. The Morgan fingerprint density at radius 1 is 1.14 bits per heavy atom. The zero-order valence-corrected chi connectivity index (χ0v) is 12.9. The lowest BCUT2D eigenvalue weighted by molar-refractivity contribution is 0.134. The van der Waals surface area contributed by atoms with E-state index in [1.165, 1.54) is 16.7 Å². The van der Waals surface area contributed by atoms with Gasteiger partial charge in [0.25, 0.3) is 0 Å². The van der Waals surface area contributed by atoms with Gasteiger partial charge in [0.1, 0.15) is 5.75 Å². The Bertz CT molecular complexity index is 657. The van der Waals surface area contributed by atoms with Crippen molar-refractivity contribution in [2.24, 2.45) is 0 Å². The fraction of sp³-hybridized carbons (Fsp3) is 0.294. The Morgan fingerprint density at radius 2 is 1.95 bits per heavy atom. The second kappa shape index (κ2) is 6.06. The topological polar surface area (TPSA) is 30.5 Å². The van der Waals surface area contributed by atoms with E-state index in [1.54, 1.807) is 7.11 Å². The molecule has 1 heterocycles. The fourth-order valence-electron chi connectivity index (χ4n) is 2.80. The maximum absolute atomic E-state index is 6.15. The van der Waals surface area contributed by atoms with Crippen molar-refractivity contribution in [3.05, 3.63) is 63.7 Å². The molecule has 21 heavy (non-hydrogen) atoms. The van der Waals surface area contributed by atoms with Crippen LogP contribution in [0.2, 0.25) is 5.02 Å². The Hall–Kier alpha value is -1.55. The molecule has 0 saturated heterocycles. The van der Waals surface area contributed by atoms with Crippen LogP contribution in [-0.2, 0) is 18.0 Å². The third-order valence-electron chi connectivity index (χ3n) is 3.87. The van der Waals surface area contributed by atoms with E-state index in [4.69, 9.17) is 21.1 Å². The van der Waals surface area contributed by atoms with Crippen molar-refractivity contribution < 1.29 is 9.47 Å². The molecule has 4 heteroatoms. The van der Waals surface area contributed by atoms with E-state index in [0.717, 1.165) is 11.3 Å². The van der Waals surface area contributed by atoms with E-state index >= 15 is 0 Å². The third-order valence-corrected chi connectivity index (χ3v) is 4.11. The number of ether oxygens (including phenoxy) is 2. The number of fused-ring (bicyclic) bond motifs is 1. The average Bonchev–Trinajstić information content (AvgIpc) is 2.96. The predicted octanol–water partition coefficient (Wildman–Crippen LogP) is 3.69. The van der Waals surface area contributed by atoms with E-state index in [9.17, 15) is 0 Å². The zero-order chi connectivity index (χ0) is 14.8. The molecule has 1 aliphatic rings. The lowest BCUT2D eigenvalue weighted by Gasteiger charge is -2.21. The molecule has 0 aliphatic carbocycles. The molecule has 0 aromatic heterocycles. The van der Waals surface area contributed by atoms with Crippen molar-refractivity contribution in [2.45, 2.75) is 19.3 Å². The van der Waals surface area contributed by atoms with Gasteiger partial charge >= 0.3 is 0 Å². The maximum Gasteiger partial charge on any atom is 0.124 e. The highest BCUT2D eigenvalue weighted by Crippen LogP contribution is 2.33. The number of nitrogens with one attached hydrogen (secondary N) is 1. The lowest BCUT2D eigenvalue weighted by Crippen LogP contribution is -2.18. The highest BCUT2D eigenvalue weighted by Gasteiger charge is 2.20. The van der Waals surface area contributed by atoms with Crippen molar-refractivity contribution in [2.75, 3.05) is 14.2 Å². The highest BCUT2D eigenvalue weighted by molar-refractivity contribution is 6.30. The molecule has 1 unspecified atom stereocenters. The van der Waals surface area contributed by atoms with Crippen LogP contribution in [0.5, 0.6) is 5.75 Å². The van der Waals surface area contributed by atoms with Crippen LogP contribution in [0.4, 0.5) is 0 Å². The third kappa shape index (κ3) is 2.77. The van der Waals surface area contributed by atoms with Gasteiger partial charge in [-0.05, 0) is 41.9 Å². The summed E-state index contributed by atoms with van der Waals surface area (Å²) in [5.74, 6) is 0.829. The van der Waals surface area contributed by atoms with Crippen molar-refractivity contribution in [1.82, 2.24) is 5.32 Å². The summed E-state index contributed by atoms with van der Waals surface area (Å²) < 4.78 is 11.0. The van der Waals surface area contributed by atoms with Gasteiger partial charge in [-0.15, -0.1) is 0 Å². The Kier molecular flexibility index (Phi) is 4.15. The molecule has 2 aromatic carbocycles. The SMILES string of the molecule is CNC(c1ccc2c(c1)COC2)c1cc(Cl)ccc1OC. The molecule has 110 valence electrons. The zero-order valence-electron chi connectivity index (χ0n) is 12.2. The van der Waals surface area contributed by atoms with E-state index in [-0.39, 0.29) is 6.04 Å². The maximum atomic E-state index is 6.15. The van der Waals surface area contributed by atoms with Crippen molar-refractivity contribution in [3.63, 3.8) is 0 Å². The molecule has 0 radical (unpaired) electrons. The lowest BCUT2D eigenvalue weighted by atomic mass is 9.95. The second-order valence-corrected chi connectivity index (χ2v) is 5.57. The van der Waals surface area contributed by atoms with Gasteiger partial charge in [0.15, 0.2) is 0 Å². The average molecular weight is 304 g/mol. The van der Waals surface area contributed by atoms with Gasteiger partial charge in [-0.3, -0.25) is 0 Å². The smallest absolute Gasteiger partial charge is 0.124 e. The summed E-state index contributed by atoms with van der Waals surface area (Å²) in [5, 5.41) is 4.05. The number of hydrogen-bond donors (Lipinski definition) is 1.